The predicted molar refractivity (Wildman–Crippen MR) is 103 cm³/mol. The molecular weight excluding hydrogens is 348 g/mol. The first-order valence-corrected chi connectivity index (χ1v) is 8.42. The van der Waals surface area contributed by atoms with E-state index in [1.807, 2.05) is 19.1 Å². The predicted octanol–water partition coefficient (Wildman–Crippen LogP) is 3.03. The van der Waals surface area contributed by atoms with E-state index in [2.05, 4.69) is 5.32 Å². The lowest BCUT2D eigenvalue weighted by Gasteiger charge is -2.27. The van der Waals surface area contributed by atoms with Gasteiger partial charge in [0.1, 0.15) is 18.0 Å². The molecule has 0 heterocycles. The number of hydrogen-bond donors (Lipinski definition) is 2. The molecule has 1 atom stereocenters. The van der Waals surface area contributed by atoms with Crippen molar-refractivity contribution in [3.8, 4) is 11.5 Å². The fourth-order valence-electron chi connectivity index (χ4n) is 2.69. The molecule has 0 aliphatic rings. The van der Waals surface area contributed by atoms with Crippen molar-refractivity contribution >= 4 is 17.6 Å². The minimum Gasteiger partial charge on any atom is -0.497 e. The molecule has 0 spiro atoms. The standard InChI is InChI=1S/C20H24N2O5/c1-13(17-9-8-16(26-3)11-18(17)27-4)22(2)20(25)14-6-5-7-15(10-14)21-12-19(23)24/h5-11,13,21H,12H2,1-4H3,(H,23,24)/t13-/m0/s1. The second-order valence-electron chi connectivity index (χ2n) is 6.03. The summed E-state index contributed by atoms with van der Waals surface area (Å²) in [5, 5.41) is 11.5. The van der Waals surface area contributed by atoms with Gasteiger partial charge >= 0.3 is 5.97 Å². The molecule has 2 N–H and O–H groups in total. The molecule has 7 heteroatoms. The zero-order chi connectivity index (χ0) is 20.0. The summed E-state index contributed by atoms with van der Waals surface area (Å²) in [5.74, 6) is 0.163. The fourth-order valence-corrected chi connectivity index (χ4v) is 2.69. The van der Waals surface area contributed by atoms with Gasteiger partial charge in [-0.25, -0.2) is 0 Å². The van der Waals surface area contributed by atoms with E-state index in [0.29, 0.717) is 22.7 Å². The number of aliphatic carboxylic acids is 1. The van der Waals surface area contributed by atoms with Crippen LogP contribution in [0, 0.1) is 0 Å². The Morgan fingerprint density at radius 1 is 1.15 bits per heavy atom. The molecule has 0 aliphatic heterocycles. The number of nitrogens with zero attached hydrogens (tertiary/aromatic N) is 1. The Balaban J connectivity index is 2.21. The van der Waals surface area contributed by atoms with Crippen LogP contribution in [0.1, 0.15) is 28.9 Å². The Bertz CT molecular complexity index is 822. The van der Waals surface area contributed by atoms with Gasteiger partial charge in [-0.15, -0.1) is 0 Å². The fraction of sp³-hybridized carbons (Fsp3) is 0.300. The number of anilines is 1. The number of hydrogen-bond acceptors (Lipinski definition) is 5. The highest BCUT2D eigenvalue weighted by Crippen LogP contribution is 2.32. The largest absolute Gasteiger partial charge is 0.497 e. The highest BCUT2D eigenvalue weighted by molar-refractivity contribution is 5.95. The molecule has 1 amide bonds. The molecule has 2 rings (SSSR count). The summed E-state index contributed by atoms with van der Waals surface area (Å²) in [7, 11) is 4.87. The number of methoxy groups -OCH3 is 2. The van der Waals surface area contributed by atoms with Crippen molar-refractivity contribution in [2.75, 3.05) is 33.1 Å². The average molecular weight is 372 g/mol. The number of amides is 1. The number of ether oxygens (including phenoxy) is 2. The molecule has 0 radical (unpaired) electrons. The number of carboxylic acid groups (broad SMARTS) is 1. The van der Waals surface area contributed by atoms with Crippen LogP contribution in [0.5, 0.6) is 11.5 Å². The molecule has 0 fully saturated rings. The van der Waals surface area contributed by atoms with E-state index in [9.17, 15) is 9.59 Å². The molecular formula is C20H24N2O5. The van der Waals surface area contributed by atoms with Gasteiger partial charge in [-0.2, -0.15) is 0 Å². The third kappa shape index (κ3) is 4.91. The van der Waals surface area contributed by atoms with Crippen molar-refractivity contribution < 1.29 is 24.2 Å². The molecule has 0 unspecified atom stereocenters. The molecule has 0 saturated heterocycles. The lowest BCUT2D eigenvalue weighted by Crippen LogP contribution is -2.30. The van der Waals surface area contributed by atoms with E-state index in [0.717, 1.165) is 5.56 Å². The molecule has 0 aromatic heterocycles. The average Bonchev–Trinajstić information content (AvgIpc) is 2.70. The van der Waals surface area contributed by atoms with E-state index >= 15 is 0 Å². The van der Waals surface area contributed by atoms with E-state index in [4.69, 9.17) is 14.6 Å². The monoisotopic (exact) mass is 372 g/mol. The molecule has 27 heavy (non-hydrogen) atoms. The number of carboxylic acids is 1. The van der Waals surface area contributed by atoms with Crippen LogP contribution in [0.25, 0.3) is 0 Å². The molecule has 2 aromatic carbocycles. The maximum absolute atomic E-state index is 12.9. The van der Waals surface area contributed by atoms with Crippen molar-refractivity contribution in [1.29, 1.82) is 0 Å². The van der Waals surface area contributed by atoms with Crippen LogP contribution in [0.2, 0.25) is 0 Å². The Morgan fingerprint density at radius 2 is 1.89 bits per heavy atom. The zero-order valence-electron chi connectivity index (χ0n) is 15.9. The number of nitrogens with one attached hydrogen (secondary N) is 1. The molecule has 144 valence electrons. The van der Waals surface area contributed by atoms with Crippen LogP contribution in [0.15, 0.2) is 42.5 Å². The lowest BCUT2D eigenvalue weighted by atomic mass is 10.0. The van der Waals surface area contributed by atoms with Gasteiger partial charge in [-0.3, -0.25) is 9.59 Å². The summed E-state index contributed by atoms with van der Waals surface area (Å²) in [5.41, 5.74) is 1.90. The minimum atomic E-state index is -0.968. The van der Waals surface area contributed by atoms with Gasteiger partial charge in [0.05, 0.1) is 20.3 Å². The molecule has 0 bridgehead atoms. The second-order valence-corrected chi connectivity index (χ2v) is 6.03. The van der Waals surface area contributed by atoms with Gasteiger partial charge in [0, 0.05) is 29.9 Å². The molecule has 2 aromatic rings. The van der Waals surface area contributed by atoms with Gasteiger partial charge in [0.2, 0.25) is 0 Å². The van der Waals surface area contributed by atoms with Crippen LogP contribution in [0.3, 0.4) is 0 Å². The van der Waals surface area contributed by atoms with Crippen molar-refractivity contribution in [2.45, 2.75) is 13.0 Å². The van der Waals surface area contributed by atoms with Crippen LogP contribution in [-0.2, 0) is 4.79 Å². The van der Waals surface area contributed by atoms with Gasteiger partial charge in [0.15, 0.2) is 0 Å². The van der Waals surface area contributed by atoms with Gasteiger partial charge in [-0.1, -0.05) is 6.07 Å². The van der Waals surface area contributed by atoms with E-state index in [-0.39, 0.29) is 18.5 Å². The van der Waals surface area contributed by atoms with Gasteiger partial charge < -0.3 is 24.8 Å². The summed E-state index contributed by atoms with van der Waals surface area (Å²) in [6, 6.07) is 12.0. The number of benzene rings is 2. The normalized spacial score (nSPS) is 11.4. The summed E-state index contributed by atoms with van der Waals surface area (Å²) in [6.07, 6.45) is 0. The van der Waals surface area contributed by atoms with Gasteiger partial charge in [-0.05, 0) is 37.3 Å². The SMILES string of the molecule is COc1ccc([C@H](C)N(C)C(=O)c2cccc(NCC(=O)O)c2)c(OC)c1. The maximum Gasteiger partial charge on any atom is 0.322 e. The van der Waals surface area contributed by atoms with Crippen molar-refractivity contribution in [2.24, 2.45) is 0 Å². The van der Waals surface area contributed by atoms with Crippen LogP contribution in [0.4, 0.5) is 5.69 Å². The Kier molecular flexibility index (Phi) is 6.65. The van der Waals surface area contributed by atoms with Crippen LogP contribution < -0.4 is 14.8 Å². The Morgan fingerprint density at radius 3 is 2.52 bits per heavy atom. The summed E-state index contributed by atoms with van der Waals surface area (Å²) >= 11 is 0. The Hall–Kier alpha value is -3.22. The molecule has 7 nitrogen and oxygen atoms in total. The quantitative estimate of drug-likeness (QED) is 0.741. The maximum atomic E-state index is 12.9. The second kappa shape index (κ2) is 8.93. The molecule has 0 aliphatic carbocycles. The highest BCUT2D eigenvalue weighted by Gasteiger charge is 2.22. The summed E-state index contributed by atoms with van der Waals surface area (Å²) < 4.78 is 10.6. The Labute approximate surface area is 158 Å². The topological polar surface area (TPSA) is 88.1 Å². The first-order valence-electron chi connectivity index (χ1n) is 8.42. The van der Waals surface area contributed by atoms with Crippen molar-refractivity contribution in [3.05, 3.63) is 53.6 Å². The van der Waals surface area contributed by atoms with E-state index < -0.39 is 5.97 Å². The van der Waals surface area contributed by atoms with Crippen LogP contribution in [-0.4, -0.2) is 49.7 Å². The number of rotatable bonds is 8. The minimum absolute atomic E-state index is 0.181. The van der Waals surface area contributed by atoms with Crippen molar-refractivity contribution in [1.82, 2.24) is 4.90 Å². The van der Waals surface area contributed by atoms with Crippen LogP contribution >= 0.6 is 0 Å². The third-order valence-electron chi connectivity index (χ3n) is 4.35. The van der Waals surface area contributed by atoms with E-state index in [1.165, 1.54) is 0 Å². The smallest absolute Gasteiger partial charge is 0.322 e. The summed E-state index contributed by atoms with van der Waals surface area (Å²) in [6.45, 7) is 1.70. The van der Waals surface area contributed by atoms with Crippen molar-refractivity contribution in [3.63, 3.8) is 0 Å². The lowest BCUT2D eigenvalue weighted by molar-refractivity contribution is -0.134. The highest BCUT2D eigenvalue weighted by atomic mass is 16.5. The van der Waals surface area contributed by atoms with Gasteiger partial charge in [0.25, 0.3) is 5.91 Å². The molecule has 0 saturated carbocycles. The first-order chi connectivity index (χ1) is 12.9. The third-order valence-corrected chi connectivity index (χ3v) is 4.35. The number of carbonyl (C=O) groups excluding carboxylic acids is 1. The first kappa shape index (κ1) is 20.1. The number of carbonyl (C=O) groups is 2. The van der Waals surface area contributed by atoms with E-state index in [1.54, 1.807) is 56.5 Å². The zero-order valence-corrected chi connectivity index (χ0v) is 15.9. The summed E-state index contributed by atoms with van der Waals surface area (Å²) in [4.78, 5) is 25.2.